The van der Waals surface area contributed by atoms with Crippen LogP contribution in [0.2, 0.25) is 0 Å². The molecule has 9 heteroatoms. The lowest BCUT2D eigenvalue weighted by Crippen LogP contribution is -2.39. The zero-order valence-electron chi connectivity index (χ0n) is 18.9. The molecule has 8 nitrogen and oxygen atoms in total. The van der Waals surface area contributed by atoms with Crippen molar-refractivity contribution in [3.05, 3.63) is 60.7 Å². The van der Waals surface area contributed by atoms with Gasteiger partial charge in [0.2, 0.25) is 22.7 Å². The fourth-order valence-electron chi connectivity index (χ4n) is 4.35. The Morgan fingerprint density at radius 1 is 0.971 bits per heavy atom. The van der Waals surface area contributed by atoms with Gasteiger partial charge in [0.25, 0.3) is 0 Å². The number of aryl methyl sites for hydroxylation is 1. The summed E-state index contributed by atoms with van der Waals surface area (Å²) >= 11 is 0. The quantitative estimate of drug-likeness (QED) is 0.426. The summed E-state index contributed by atoms with van der Waals surface area (Å²) in [6.07, 6.45) is 0. The van der Waals surface area contributed by atoms with Crippen molar-refractivity contribution in [2.45, 2.75) is 20.4 Å². The van der Waals surface area contributed by atoms with E-state index in [0.29, 0.717) is 22.9 Å². The Morgan fingerprint density at radius 3 is 2.53 bits per heavy atom. The van der Waals surface area contributed by atoms with Crippen LogP contribution in [0.5, 0.6) is 11.5 Å². The van der Waals surface area contributed by atoms with E-state index < -0.39 is 15.9 Å². The number of amides is 1. The molecule has 1 N–H and O–H groups in total. The molecule has 0 bridgehead atoms. The van der Waals surface area contributed by atoms with Crippen LogP contribution in [-0.2, 0) is 21.4 Å². The summed E-state index contributed by atoms with van der Waals surface area (Å²) in [7, 11) is -3.71. The maximum absolute atomic E-state index is 13.0. The van der Waals surface area contributed by atoms with E-state index >= 15 is 0 Å². The maximum Gasteiger partial charge on any atom is 0.245 e. The average molecular weight is 480 g/mol. The van der Waals surface area contributed by atoms with Crippen LogP contribution in [0.4, 0.5) is 11.4 Å². The molecule has 5 rings (SSSR count). The predicted molar refractivity (Wildman–Crippen MR) is 133 cm³/mol. The first-order valence-electron chi connectivity index (χ1n) is 11.1. The molecule has 0 radical (unpaired) electrons. The van der Waals surface area contributed by atoms with E-state index in [9.17, 15) is 13.2 Å². The number of nitrogens with one attached hydrogen (secondary N) is 1. The molecule has 1 aliphatic rings. The van der Waals surface area contributed by atoms with Crippen molar-refractivity contribution in [1.29, 1.82) is 0 Å². The number of rotatable bonds is 7. The van der Waals surface area contributed by atoms with Gasteiger partial charge in [-0.05, 0) is 50.2 Å². The number of nitrogens with zero attached hydrogens (tertiary/aromatic N) is 2. The summed E-state index contributed by atoms with van der Waals surface area (Å²) in [5.74, 6) is 0.416. The number of fused-ring (bicyclic) bond motifs is 4. The highest BCUT2D eigenvalue weighted by Gasteiger charge is 2.26. The normalized spacial score (nSPS) is 12.9. The van der Waals surface area contributed by atoms with Gasteiger partial charge in [0.1, 0.15) is 6.54 Å². The van der Waals surface area contributed by atoms with Crippen LogP contribution in [0.1, 0.15) is 13.8 Å². The lowest BCUT2D eigenvalue weighted by molar-refractivity contribution is -0.114. The number of carbonyl (C=O) groups is 1. The summed E-state index contributed by atoms with van der Waals surface area (Å²) in [5.41, 5.74) is 3.17. The highest BCUT2D eigenvalue weighted by atomic mass is 32.2. The van der Waals surface area contributed by atoms with Crippen LogP contribution >= 0.6 is 0 Å². The number of carbonyl (C=O) groups excluding carboxylic acids is 1. The number of anilines is 2. The van der Waals surface area contributed by atoms with Crippen molar-refractivity contribution >= 4 is 49.1 Å². The van der Waals surface area contributed by atoms with Crippen LogP contribution < -0.4 is 19.1 Å². The molecular formula is C25H25N3O5S. The summed E-state index contributed by atoms with van der Waals surface area (Å²) in [4.78, 5) is 13.0. The first kappa shape index (κ1) is 22.1. The summed E-state index contributed by atoms with van der Waals surface area (Å²) < 4.78 is 39.6. The first-order valence-corrected chi connectivity index (χ1v) is 12.7. The molecule has 2 heterocycles. The van der Waals surface area contributed by atoms with E-state index in [2.05, 4.69) is 28.9 Å². The minimum absolute atomic E-state index is 0.0801. The topological polar surface area (TPSA) is 89.9 Å². The fraction of sp³-hybridized carbons (Fsp3) is 0.240. The minimum Gasteiger partial charge on any atom is -0.454 e. The molecule has 3 aromatic carbocycles. The van der Waals surface area contributed by atoms with Gasteiger partial charge in [-0.25, -0.2) is 8.42 Å². The Kier molecular flexibility index (Phi) is 5.57. The van der Waals surface area contributed by atoms with Gasteiger partial charge >= 0.3 is 0 Å². The molecule has 1 aliphatic heterocycles. The maximum atomic E-state index is 13.0. The number of aromatic nitrogens is 1. The number of hydrogen-bond donors (Lipinski definition) is 1. The third kappa shape index (κ3) is 3.81. The Balaban J connectivity index is 1.44. The Hall–Kier alpha value is -3.72. The molecule has 0 saturated carbocycles. The van der Waals surface area contributed by atoms with Crippen molar-refractivity contribution in [3.8, 4) is 11.5 Å². The molecule has 0 spiro atoms. The third-order valence-corrected chi connectivity index (χ3v) is 7.75. The Labute approximate surface area is 197 Å². The molecule has 1 aromatic heterocycles. The monoisotopic (exact) mass is 479 g/mol. The van der Waals surface area contributed by atoms with Gasteiger partial charge in [0, 0.05) is 40.1 Å². The van der Waals surface area contributed by atoms with Crippen molar-refractivity contribution in [1.82, 2.24) is 4.57 Å². The van der Waals surface area contributed by atoms with Crippen molar-refractivity contribution in [2.24, 2.45) is 0 Å². The lowest BCUT2D eigenvalue weighted by atomic mass is 10.1. The molecule has 0 unspecified atom stereocenters. The van der Waals surface area contributed by atoms with E-state index in [4.69, 9.17) is 9.47 Å². The first-order chi connectivity index (χ1) is 16.4. The SMILES string of the molecule is CCn1c2ccccc2c2cc(NC(=O)CN(c3ccc4c(c3)OCO4)S(=O)(=O)CC)ccc21. The van der Waals surface area contributed by atoms with Gasteiger partial charge in [-0.3, -0.25) is 9.10 Å². The summed E-state index contributed by atoms with van der Waals surface area (Å²) in [5, 5.41) is 5.00. The second kappa shape index (κ2) is 8.57. The average Bonchev–Trinajstić information content (AvgIpc) is 3.44. The number of hydrogen-bond acceptors (Lipinski definition) is 5. The summed E-state index contributed by atoms with van der Waals surface area (Å²) in [6, 6.07) is 18.7. The second-order valence-corrected chi connectivity index (χ2v) is 10.2. The van der Waals surface area contributed by atoms with Crippen LogP contribution in [0.25, 0.3) is 21.8 Å². The summed E-state index contributed by atoms with van der Waals surface area (Å²) in [6.45, 7) is 4.20. The van der Waals surface area contributed by atoms with E-state index in [1.807, 2.05) is 30.3 Å². The van der Waals surface area contributed by atoms with E-state index in [1.165, 1.54) is 0 Å². The van der Waals surface area contributed by atoms with Gasteiger partial charge in [-0.2, -0.15) is 0 Å². The van der Waals surface area contributed by atoms with Crippen molar-refractivity contribution in [2.75, 3.05) is 28.7 Å². The number of ether oxygens (including phenoxy) is 2. The largest absolute Gasteiger partial charge is 0.454 e. The Bertz CT molecular complexity index is 1510. The van der Waals surface area contributed by atoms with Crippen molar-refractivity contribution in [3.63, 3.8) is 0 Å². The zero-order valence-corrected chi connectivity index (χ0v) is 19.8. The van der Waals surface area contributed by atoms with E-state index in [1.54, 1.807) is 25.1 Å². The Morgan fingerprint density at radius 2 is 1.74 bits per heavy atom. The van der Waals surface area contributed by atoms with Crippen LogP contribution in [0.3, 0.4) is 0 Å². The predicted octanol–water partition coefficient (Wildman–Crippen LogP) is 4.34. The van der Waals surface area contributed by atoms with Gasteiger partial charge < -0.3 is 19.4 Å². The van der Waals surface area contributed by atoms with Crippen LogP contribution in [0, 0.1) is 0 Å². The van der Waals surface area contributed by atoms with Gasteiger partial charge in [0.15, 0.2) is 11.5 Å². The van der Waals surface area contributed by atoms with Crippen molar-refractivity contribution < 1.29 is 22.7 Å². The number of para-hydroxylation sites is 1. The molecule has 0 aliphatic carbocycles. The molecule has 4 aromatic rings. The second-order valence-electron chi connectivity index (χ2n) is 7.99. The van der Waals surface area contributed by atoms with Crippen LogP contribution in [0.15, 0.2) is 60.7 Å². The van der Waals surface area contributed by atoms with Gasteiger partial charge in [-0.15, -0.1) is 0 Å². The van der Waals surface area contributed by atoms with E-state index in [-0.39, 0.29) is 19.1 Å². The molecule has 0 fully saturated rings. The molecule has 0 atom stereocenters. The van der Waals surface area contributed by atoms with Gasteiger partial charge in [0.05, 0.1) is 11.4 Å². The molecule has 34 heavy (non-hydrogen) atoms. The molecular weight excluding hydrogens is 454 g/mol. The highest BCUT2D eigenvalue weighted by molar-refractivity contribution is 7.92. The highest BCUT2D eigenvalue weighted by Crippen LogP contribution is 2.36. The van der Waals surface area contributed by atoms with Crippen LogP contribution in [-0.4, -0.2) is 38.0 Å². The third-order valence-electron chi connectivity index (χ3n) is 6.00. The molecule has 0 saturated heterocycles. The molecule has 176 valence electrons. The minimum atomic E-state index is -3.71. The zero-order chi connectivity index (χ0) is 23.9. The lowest BCUT2D eigenvalue weighted by Gasteiger charge is -2.23. The van der Waals surface area contributed by atoms with E-state index in [0.717, 1.165) is 32.7 Å². The standard InChI is InChI=1S/C25H25N3O5S/c1-3-27-21-8-6-5-7-19(21)20-13-17(9-11-22(20)27)26-25(29)15-28(34(30,31)4-2)18-10-12-23-24(14-18)33-16-32-23/h5-14H,3-4,15-16H2,1-2H3,(H,26,29). The van der Waals surface area contributed by atoms with Gasteiger partial charge in [-0.1, -0.05) is 18.2 Å². The number of benzene rings is 3. The smallest absolute Gasteiger partial charge is 0.245 e. The number of sulfonamides is 1. The fourth-order valence-corrected chi connectivity index (χ4v) is 5.41. The molecule has 1 amide bonds.